The SMILES string of the molecule is CC(=O)[C@@H]1CC[C@@H]2CC3CC2CC1C3. The van der Waals surface area contributed by atoms with Gasteiger partial charge in [0.05, 0.1) is 0 Å². The Hall–Kier alpha value is -0.330. The number of carbonyl (C=O) groups excluding carboxylic acids is 1. The van der Waals surface area contributed by atoms with Crippen molar-refractivity contribution in [2.45, 2.75) is 45.4 Å². The monoisotopic (exact) mass is 192 g/mol. The fraction of sp³-hybridized carbons (Fsp3) is 0.923. The summed E-state index contributed by atoms with van der Waals surface area (Å²) in [5.41, 5.74) is 0. The molecule has 3 bridgehead atoms. The molecule has 0 amide bonds. The van der Waals surface area contributed by atoms with Gasteiger partial charge in [0.1, 0.15) is 5.78 Å². The fourth-order valence-electron chi connectivity index (χ4n) is 4.58. The Bertz CT molecular complexity index is 258. The van der Waals surface area contributed by atoms with Crippen LogP contribution >= 0.6 is 0 Å². The lowest BCUT2D eigenvalue weighted by molar-refractivity contribution is -0.123. The molecule has 0 aromatic rings. The van der Waals surface area contributed by atoms with Crippen LogP contribution in [0.25, 0.3) is 0 Å². The lowest BCUT2D eigenvalue weighted by atomic mass is 9.73. The van der Waals surface area contributed by atoms with Crippen LogP contribution < -0.4 is 0 Å². The molecular weight excluding hydrogens is 172 g/mol. The molecule has 0 N–H and O–H groups in total. The van der Waals surface area contributed by atoms with Gasteiger partial charge in [0.25, 0.3) is 0 Å². The van der Waals surface area contributed by atoms with E-state index in [4.69, 9.17) is 0 Å². The Kier molecular flexibility index (Phi) is 1.97. The van der Waals surface area contributed by atoms with Crippen molar-refractivity contribution in [3.05, 3.63) is 0 Å². The highest BCUT2D eigenvalue weighted by molar-refractivity contribution is 5.78. The van der Waals surface area contributed by atoms with Crippen LogP contribution in [0.15, 0.2) is 0 Å². The van der Waals surface area contributed by atoms with Gasteiger partial charge in [-0.3, -0.25) is 4.79 Å². The van der Waals surface area contributed by atoms with Crippen molar-refractivity contribution < 1.29 is 4.79 Å². The minimum Gasteiger partial charge on any atom is -0.300 e. The molecule has 5 atom stereocenters. The van der Waals surface area contributed by atoms with Gasteiger partial charge in [0.2, 0.25) is 0 Å². The summed E-state index contributed by atoms with van der Waals surface area (Å²) in [6.45, 7) is 1.81. The maximum Gasteiger partial charge on any atom is 0.133 e. The van der Waals surface area contributed by atoms with Crippen LogP contribution in [0.5, 0.6) is 0 Å². The van der Waals surface area contributed by atoms with E-state index in [1.54, 1.807) is 0 Å². The molecule has 0 aromatic heterocycles. The quantitative estimate of drug-likeness (QED) is 0.624. The van der Waals surface area contributed by atoms with Crippen molar-refractivity contribution in [2.24, 2.45) is 29.6 Å². The molecule has 0 aromatic carbocycles. The second kappa shape index (κ2) is 3.08. The molecule has 3 fully saturated rings. The second-order valence-corrected chi connectivity index (χ2v) is 5.88. The molecule has 1 heteroatoms. The van der Waals surface area contributed by atoms with Crippen molar-refractivity contribution in [3.8, 4) is 0 Å². The fourth-order valence-corrected chi connectivity index (χ4v) is 4.58. The normalized spacial score (nSPS) is 50.5. The zero-order valence-corrected chi connectivity index (χ0v) is 9.04. The Balaban J connectivity index is 1.86. The molecule has 3 rings (SSSR count). The minimum absolute atomic E-state index is 0.436. The van der Waals surface area contributed by atoms with E-state index in [0.29, 0.717) is 11.7 Å². The van der Waals surface area contributed by atoms with E-state index in [-0.39, 0.29) is 0 Å². The van der Waals surface area contributed by atoms with Gasteiger partial charge in [-0.15, -0.1) is 0 Å². The summed E-state index contributed by atoms with van der Waals surface area (Å²) in [4.78, 5) is 11.6. The Morgan fingerprint density at radius 3 is 2.43 bits per heavy atom. The molecule has 1 nitrogen and oxygen atoms in total. The van der Waals surface area contributed by atoms with Crippen LogP contribution in [-0.4, -0.2) is 5.78 Å². The third kappa shape index (κ3) is 1.24. The van der Waals surface area contributed by atoms with Crippen molar-refractivity contribution in [2.75, 3.05) is 0 Å². The Labute approximate surface area is 86.3 Å². The molecule has 0 radical (unpaired) electrons. The number of Topliss-reactive ketones (excluding diaryl/α,β-unsaturated/α-hetero) is 1. The molecule has 0 heterocycles. The number of rotatable bonds is 1. The van der Waals surface area contributed by atoms with Crippen LogP contribution in [0.1, 0.15) is 45.4 Å². The van der Waals surface area contributed by atoms with Crippen LogP contribution in [0.2, 0.25) is 0 Å². The van der Waals surface area contributed by atoms with Gasteiger partial charge >= 0.3 is 0 Å². The molecule has 0 aliphatic heterocycles. The smallest absolute Gasteiger partial charge is 0.133 e. The Morgan fingerprint density at radius 1 is 0.929 bits per heavy atom. The number of ketones is 1. The highest BCUT2D eigenvalue weighted by atomic mass is 16.1. The number of hydrogen-bond acceptors (Lipinski definition) is 1. The summed E-state index contributed by atoms with van der Waals surface area (Å²) in [6, 6.07) is 0. The minimum atomic E-state index is 0.436. The molecule has 78 valence electrons. The zero-order chi connectivity index (χ0) is 9.71. The number of hydrogen-bond donors (Lipinski definition) is 0. The summed E-state index contributed by atoms with van der Waals surface area (Å²) >= 11 is 0. The summed E-state index contributed by atoms with van der Waals surface area (Å²) in [5, 5.41) is 0. The molecule has 0 saturated heterocycles. The van der Waals surface area contributed by atoms with Crippen molar-refractivity contribution in [3.63, 3.8) is 0 Å². The maximum atomic E-state index is 11.6. The predicted octanol–water partition coefficient (Wildman–Crippen LogP) is 3.04. The van der Waals surface area contributed by atoms with E-state index in [1.165, 1.54) is 38.5 Å². The van der Waals surface area contributed by atoms with Crippen LogP contribution in [-0.2, 0) is 4.79 Å². The van der Waals surface area contributed by atoms with E-state index in [1.807, 2.05) is 6.92 Å². The summed E-state index contributed by atoms with van der Waals surface area (Å²) in [5.74, 6) is 4.66. The molecular formula is C13H20O. The van der Waals surface area contributed by atoms with Gasteiger partial charge in [-0.05, 0) is 69.1 Å². The first kappa shape index (κ1) is 8.94. The molecule has 14 heavy (non-hydrogen) atoms. The second-order valence-electron chi connectivity index (χ2n) is 5.88. The first-order chi connectivity index (χ1) is 6.74. The number of fused-ring (bicyclic) bond motifs is 2. The summed E-state index contributed by atoms with van der Waals surface area (Å²) in [7, 11) is 0. The van der Waals surface area contributed by atoms with Gasteiger partial charge in [-0.25, -0.2) is 0 Å². The van der Waals surface area contributed by atoms with Gasteiger partial charge < -0.3 is 0 Å². The average Bonchev–Trinajstić information content (AvgIpc) is 2.33. The molecule has 3 saturated carbocycles. The van der Waals surface area contributed by atoms with E-state index >= 15 is 0 Å². The van der Waals surface area contributed by atoms with E-state index < -0.39 is 0 Å². The zero-order valence-electron chi connectivity index (χ0n) is 9.04. The van der Waals surface area contributed by atoms with E-state index in [2.05, 4.69) is 0 Å². The van der Waals surface area contributed by atoms with Gasteiger partial charge in [0, 0.05) is 5.92 Å². The average molecular weight is 192 g/mol. The van der Waals surface area contributed by atoms with Crippen LogP contribution in [0.4, 0.5) is 0 Å². The molecule has 3 aliphatic rings. The number of carbonyl (C=O) groups is 1. The molecule has 3 aliphatic carbocycles. The van der Waals surface area contributed by atoms with Crippen molar-refractivity contribution in [1.82, 2.24) is 0 Å². The largest absolute Gasteiger partial charge is 0.300 e. The predicted molar refractivity (Wildman–Crippen MR) is 55.8 cm³/mol. The first-order valence-corrected chi connectivity index (χ1v) is 6.24. The Morgan fingerprint density at radius 2 is 1.64 bits per heavy atom. The van der Waals surface area contributed by atoms with Gasteiger partial charge in [-0.1, -0.05) is 0 Å². The van der Waals surface area contributed by atoms with E-state index in [0.717, 1.165) is 23.7 Å². The third-order valence-electron chi connectivity index (χ3n) is 5.12. The molecule has 0 spiro atoms. The topological polar surface area (TPSA) is 17.1 Å². The van der Waals surface area contributed by atoms with Gasteiger partial charge in [-0.2, -0.15) is 0 Å². The third-order valence-corrected chi connectivity index (χ3v) is 5.12. The van der Waals surface area contributed by atoms with E-state index in [9.17, 15) is 4.79 Å². The lowest BCUT2D eigenvalue weighted by Crippen LogP contribution is -2.26. The highest BCUT2D eigenvalue weighted by Gasteiger charge is 2.46. The van der Waals surface area contributed by atoms with Crippen molar-refractivity contribution >= 4 is 5.78 Å². The molecule has 3 unspecified atom stereocenters. The van der Waals surface area contributed by atoms with Gasteiger partial charge in [0.15, 0.2) is 0 Å². The highest BCUT2D eigenvalue weighted by Crippen LogP contribution is 2.54. The first-order valence-electron chi connectivity index (χ1n) is 6.24. The standard InChI is InChI=1S/C13H20O/c1-8(14)13-3-2-10-4-9-5-11(10)7-12(13)6-9/h9-13H,2-7H2,1H3/t9?,10-,11?,12?,13+/m1/s1. The van der Waals surface area contributed by atoms with Crippen molar-refractivity contribution in [1.29, 1.82) is 0 Å². The maximum absolute atomic E-state index is 11.6. The summed E-state index contributed by atoms with van der Waals surface area (Å²) < 4.78 is 0. The lowest BCUT2D eigenvalue weighted by Gasteiger charge is -2.31. The summed E-state index contributed by atoms with van der Waals surface area (Å²) in [6.07, 6.45) is 8.29. The van der Waals surface area contributed by atoms with Crippen LogP contribution in [0, 0.1) is 29.6 Å². The van der Waals surface area contributed by atoms with Crippen LogP contribution in [0.3, 0.4) is 0 Å².